The van der Waals surface area contributed by atoms with Crippen LogP contribution in [0.15, 0.2) is 53.8 Å². The number of pyridine rings is 1. The minimum absolute atomic E-state index is 0. The van der Waals surface area contributed by atoms with Gasteiger partial charge in [-0.05, 0) is 51.1 Å². The van der Waals surface area contributed by atoms with E-state index in [1.54, 1.807) is 19.5 Å². The van der Waals surface area contributed by atoms with Gasteiger partial charge in [0.05, 0.1) is 32.4 Å². The van der Waals surface area contributed by atoms with E-state index in [2.05, 4.69) is 39.6 Å². The van der Waals surface area contributed by atoms with Gasteiger partial charge in [-0.25, -0.2) is 0 Å². The SMILES string of the molecule is CCNC(=NCC(c1ccccc1OC)N1CCCC1)NCCOc1cccnc1.I. The molecule has 1 unspecified atom stereocenters. The van der Waals surface area contributed by atoms with Gasteiger partial charge in [0.2, 0.25) is 0 Å². The van der Waals surface area contributed by atoms with E-state index in [-0.39, 0.29) is 30.0 Å². The Kier molecular flexibility index (Phi) is 11.4. The van der Waals surface area contributed by atoms with Crippen LogP contribution in [0.5, 0.6) is 11.5 Å². The van der Waals surface area contributed by atoms with E-state index in [0.29, 0.717) is 19.7 Å². The number of hydrogen-bond acceptors (Lipinski definition) is 5. The number of nitrogens with zero attached hydrogens (tertiary/aromatic N) is 3. The summed E-state index contributed by atoms with van der Waals surface area (Å²) in [5.74, 6) is 2.49. The summed E-state index contributed by atoms with van der Waals surface area (Å²) in [4.78, 5) is 11.5. The summed E-state index contributed by atoms with van der Waals surface area (Å²) in [7, 11) is 1.73. The Labute approximate surface area is 202 Å². The van der Waals surface area contributed by atoms with E-state index in [0.717, 1.165) is 37.1 Å². The number of para-hydroxylation sites is 1. The van der Waals surface area contributed by atoms with Gasteiger partial charge < -0.3 is 20.1 Å². The highest BCUT2D eigenvalue weighted by Crippen LogP contribution is 2.31. The molecule has 1 aromatic heterocycles. The summed E-state index contributed by atoms with van der Waals surface area (Å²) in [6.07, 6.45) is 5.92. The Bertz CT molecular complexity index is 785. The van der Waals surface area contributed by atoms with Crippen molar-refractivity contribution in [3.8, 4) is 11.5 Å². The fourth-order valence-electron chi connectivity index (χ4n) is 3.70. The lowest BCUT2D eigenvalue weighted by atomic mass is 10.0. The molecule has 2 aromatic rings. The average Bonchev–Trinajstić information content (AvgIpc) is 3.32. The Morgan fingerprint density at radius 2 is 1.97 bits per heavy atom. The second-order valence-electron chi connectivity index (χ2n) is 7.18. The summed E-state index contributed by atoms with van der Waals surface area (Å²) < 4.78 is 11.3. The topological polar surface area (TPSA) is 71.0 Å². The van der Waals surface area contributed by atoms with Gasteiger partial charge in [0.1, 0.15) is 18.1 Å². The van der Waals surface area contributed by atoms with Crippen LogP contribution in [0.4, 0.5) is 0 Å². The molecule has 0 spiro atoms. The van der Waals surface area contributed by atoms with Crippen LogP contribution in [0, 0.1) is 0 Å². The number of aromatic nitrogens is 1. The van der Waals surface area contributed by atoms with E-state index in [1.165, 1.54) is 18.4 Å². The first-order chi connectivity index (χ1) is 14.8. The zero-order valence-corrected chi connectivity index (χ0v) is 20.7. The van der Waals surface area contributed by atoms with Crippen LogP contribution in [0.1, 0.15) is 31.4 Å². The van der Waals surface area contributed by atoms with Crippen molar-refractivity contribution in [2.24, 2.45) is 4.99 Å². The quantitative estimate of drug-likeness (QED) is 0.209. The molecule has 1 saturated heterocycles. The van der Waals surface area contributed by atoms with Gasteiger partial charge in [-0.1, -0.05) is 18.2 Å². The van der Waals surface area contributed by atoms with E-state index in [9.17, 15) is 0 Å². The van der Waals surface area contributed by atoms with Gasteiger partial charge in [0, 0.05) is 18.3 Å². The maximum absolute atomic E-state index is 5.71. The summed E-state index contributed by atoms with van der Waals surface area (Å²) in [6, 6.07) is 12.2. The highest BCUT2D eigenvalue weighted by Gasteiger charge is 2.25. The molecule has 31 heavy (non-hydrogen) atoms. The normalized spacial score (nSPS) is 15.1. The highest BCUT2D eigenvalue weighted by molar-refractivity contribution is 14.0. The molecule has 170 valence electrons. The average molecular weight is 539 g/mol. The van der Waals surface area contributed by atoms with Crippen molar-refractivity contribution >= 4 is 29.9 Å². The number of likely N-dealkylation sites (tertiary alicyclic amines) is 1. The van der Waals surface area contributed by atoms with Crippen LogP contribution in [0.3, 0.4) is 0 Å². The van der Waals surface area contributed by atoms with E-state index in [1.807, 2.05) is 24.3 Å². The number of benzene rings is 1. The Balaban J connectivity index is 0.00000341. The molecule has 1 aliphatic rings. The van der Waals surface area contributed by atoms with E-state index < -0.39 is 0 Å². The number of aliphatic imine (C=N–C) groups is 1. The first kappa shape index (κ1) is 25.2. The molecule has 1 aliphatic heterocycles. The number of rotatable bonds is 10. The zero-order chi connectivity index (χ0) is 21.0. The first-order valence-corrected chi connectivity index (χ1v) is 10.7. The Hall–Kier alpha value is -2.07. The van der Waals surface area contributed by atoms with Gasteiger partial charge in [-0.2, -0.15) is 0 Å². The molecule has 8 heteroatoms. The molecular formula is C23H34IN5O2. The van der Waals surface area contributed by atoms with Crippen molar-refractivity contribution in [1.82, 2.24) is 20.5 Å². The van der Waals surface area contributed by atoms with Gasteiger partial charge in [-0.15, -0.1) is 24.0 Å². The third kappa shape index (κ3) is 7.84. The second kappa shape index (κ2) is 14.1. The van der Waals surface area contributed by atoms with Crippen molar-refractivity contribution < 1.29 is 9.47 Å². The molecule has 1 fully saturated rings. The monoisotopic (exact) mass is 539 g/mol. The first-order valence-electron chi connectivity index (χ1n) is 10.7. The Morgan fingerprint density at radius 1 is 1.16 bits per heavy atom. The van der Waals surface area contributed by atoms with Crippen molar-refractivity contribution in [1.29, 1.82) is 0 Å². The van der Waals surface area contributed by atoms with Crippen LogP contribution in [0.2, 0.25) is 0 Å². The number of nitrogens with one attached hydrogen (secondary N) is 2. The van der Waals surface area contributed by atoms with Crippen LogP contribution in [-0.2, 0) is 0 Å². The molecule has 0 aliphatic carbocycles. The predicted octanol–water partition coefficient (Wildman–Crippen LogP) is 3.48. The van der Waals surface area contributed by atoms with Crippen molar-refractivity contribution in [2.45, 2.75) is 25.8 Å². The minimum Gasteiger partial charge on any atom is -0.496 e. The molecule has 1 atom stereocenters. The summed E-state index contributed by atoms with van der Waals surface area (Å²) in [5, 5.41) is 6.69. The fourth-order valence-corrected chi connectivity index (χ4v) is 3.70. The van der Waals surface area contributed by atoms with Crippen LogP contribution in [-0.4, -0.2) is 62.3 Å². The number of hydrogen-bond donors (Lipinski definition) is 2. The lowest BCUT2D eigenvalue weighted by Gasteiger charge is -2.28. The zero-order valence-electron chi connectivity index (χ0n) is 18.4. The molecule has 2 heterocycles. The van der Waals surface area contributed by atoms with Crippen molar-refractivity contribution in [3.05, 3.63) is 54.4 Å². The fraction of sp³-hybridized carbons (Fsp3) is 0.478. The molecule has 0 radical (unpaired) electrons. The van der Waals surface area contributed by atoms with E-state index in [4.69, 9.17) is 14.5 Å². The number of ether oxygens (including phenoxy) is 2. The van der Waals surface area contributed by atoms with Gasteiger partial charge in [0.15, 0.2) is 5.96 Å². The second-order valence-corrected chi connectivity index (χ2v) is 7.18. The van der Waals surface area contributed by atoms with Crippen molar-refractivity contribution in [2.75, 3.05) is 46.4 Å². The molecule has 1 aromatic carbocycles. The van der Waals surface area contributed by atoms with Crippen LogP contribution >= 0.6 is 24.0 Å². The molecule has 7 nitrogen and oxygen atoms in total. The molecule has 0 amide bonds. The van der Waals surface area contributed by atoms with Gasteiger partial charge in [0.25, 0.3) is 0 Å². The Morgan fingerprint density at radius 3 is 2.68 bits per heavy atom. The third-order valence-corrected chi connectivity index (χ3v) is 5.14. The number of halogens is 1. The maximum Gasteiger partial charge on any atom is 0.191 e. The molecule has 3 rings (SSSR count). The molecule has 0 bridgehead atoms. The highest BCUT2D eigenvalue weighted by atomic mass is 127. The minimum atomic E-state index is 0. The lowest BCUT2D eigenvalue weighted by Crippen LogP contribution is -2.40. The van der Waals surface area contributed by atoms with Crippen molar-refractivity contribution in [3.63, 3.8) is 0 Å². The largest absolute Gasteiger partial charge is 0.496 e. The van der Waals surface area contributed by atoms with Gasteiger partial charge >= 0.3 is 0 Å². The van der Waals surface area contributed by atoms with Gasteiger partial charge in [-0.3, -0.25) is 14.9 Å². The maximum atomic E-state index is 5.71. The predicted molar refractivity (Wildman–Crippen MR) is 136 cm³/mol. The van der Waals surface area contributed by atoms with Crippen LogP contribution < -0.4 is 20.1 Å². The molecular weight excluding hydrogens is 505 g/mol. The van der Waals surface area contributed by atoms with Crippen LogP contribution in [0.25, 0.3) is 0 Å². The van der Waals surface area contributed by atoms with E-state index >= 15 is 0 Å². The smallest absolute Gasteiger partial charge is 0.191 e. The lowest BCUT2D eigenvalue weighted by molar-refractivity contribution is 0.245. The summed E-state index contributed by atoms with van der Waals surface area (Å²) >= 11 is 0. The molecule has 2 N–H and O–H groups in total. The summed E-state index contributed by atoms with van der Waals surface area (Å²) in [5.41, 5.74) is 1.20. The summed E-state index contributed by atoms with van der Waals surface area (Å²) in [6.45, 7) is 6.93. The number of guanidine groups is 1. The third-order valence-electron chi connectivity index (χ3n) is 5.14. The number of methoxy groups -OCH3 is 1. The molecule has 0 saturated carbocycles. The standard InChI is InChI=1S/C23H33N5O2.HI/c1-3-25-23(26-13-16-30-19-9-8-12-24-17-19)27-18-21(28-14-6-7-15-28)20-10-4-5-11-22(20)29-2;/h4-5,8-12,17,21H,3,6-7,13-16,18H2,1-2H3,(H2,25,26,27);1H.